The average molecular weight is 338 g/mol. The molecule has 1 saturated heterocycles. The van der Waals surface area contributed by atoms with Crippen molar-refractivity contribution in [1.82, 2.24) is 9.80 Å². The molecule has 0 atom stereocenters. The zero-order valence-electron chi connectivity index (χ0n) is 14.0. The molecule has 0 aliphatic carbocycles. The SMILES string of the molecule is COCCC1CCN(C(=O)CN(C)C(=O)Cc2ccsc2)CC1. The molecule has 128 valence electrons. The molecule has 0 aromatic carbocycles. The number of carbonyl (C=O) groups excluding carboxylic acids is 2. The maximum atomic E-state index is 12.3. The first kappa shape index (κ1) is 17.9. The van der Waals surface area contributed by atoms with Gasteiger partial charge in [0, 0.05) is 33.9 Å². The Morgan fingerprint density at radius 2 is 2.13 bits per heavy atom. The fourth-order valence-corrected chi connectivity index (χ4v) is 3.52. The molecule has 23 heavy (non-hydrogen) atoms. The molecule has 2 heterocycles. The van der Waals surface area contributed by atoms with Crippen molar-refractivity contribution < 1.29 is 14.3 Å². The highest BCUT2D eigenvalue weighted by atomic mass is 32.1. The third-order valence-electron chi connectivity index (χ3n) is 4.43. The van der Waals surface area contributed by atoms with Gasteiger partial charge in [-0.3, -0.25) is 9.59 Å². The summed E-state index contributed by atoms with van der Waals surface area (Å²) in [7, 11) is 3.43. The molecule has 5 nitrogen and oxygen atoms in total. The summed E-state index contributed by atoms with van der Waals surface area (Å²) in [6.45, 7) is 2.55. The molecule has 2 rings (SSSR count). The van der Waals surface area contributed by atoms with E-state index in [2.05, 4.69) is 0 Å². The fraction of sp³-hybridized carbons (Fsp3) is 0.647. The quantitative estimate of drug-likeness (QED) is 0.764. The lowest BCUT2D eigenvalue weighted by Crippen LogP contribution is -2.45. The van der Waals surface area contributed by atoms with Crippen molar-refractivity contribution in [3.05, 3.63) is 22.4 Å². The van der Waals surface area contributed by atoms with Crippen LogP contribution >= 0.6 is 11.3 Å². The summed E-state index contributed by atoms with van der Waals surface area (Å²) in [6.07, 6.45) is 3.49. The van der Waals surface area contributed by atoms with E-state index in [-0.39, 0.29) is 18.4 Å². The Bertz CT molecular complexity index is 496. The minimum absolute atomic E-state index is 0.00766. The van der Waals surface area contributed by atoms with Crippen LogP contribution in [0.4, 0.5) is 0 Å². The standard InChI is InChI=1S/C17H26N2O3S/c1-18(16(20)11-15-6-10-23-13-15)12-17(21)19-7-3-14(4-8-19)5-9-22-2/h6,10,13-14H,3-5,7-9,11-12H2,1-2H3. The van der Waals surface area contributed by atoms with Crippen molar-refractivity contribution in [3.63, 3.8) is 0 Å². The fourth-order valence-electron chi connectivity index (χ4n) is 2.85. The number of hydrogen-bond acceptors (Lipinski definition) is 4. The molecule has 1 aliphatic rings. The van der Waals surface area contributed by atoms with Crippen molar-refractivity contribution in [1.29, 1.82) is 0 Å². The average Bonchev–Trinajstić information content (AvgIpc) is 3.06. The van der Waals surface area contributed by atoms with Crippen LogP contribution in [0.5, 0.6) is 0 Å². The van der Waals surface area contributed by atoms with Crippen LogP contribution in [0.2, 0.25) is 0 Å². The number of hydrogen-bond donors (Lipinski definition) is 0. The second-order valence-electron chi connectivity index (χ2n) is 6.16. The number of carbonyl (C=O) groups is 2. The van der Waals surface area contributed by atoms with Crippen LogP contribution in [0.15, 0.2) is 16.8 Å². The van der Waals surface area contributed by atoms with Gasteiger partial charge < -0.3 is 14.5 Å². The lowest BCUT2D eigenvalue weighted by molar-refractivity contribution is -0.140. The normalized spacial score (nSPS) is 15.7. The van der Waals surface area contributed by atoms with Gasteiger partial charge in [-0.15, -0.1) is 0 Å². The van der Waals surface area contributed by atoms with Gasteiger partial charge in [-0.1, -0.05) is 0 Å². The topological polar surface area (TPSA) is 49.9 Å². The van der Waals surface area contributed by atoms with Gasteiger partial charge in [-0.05, 0) is 47.6 Å². The van der Waals surface area contributed by atoms with E-state index in [9.17, 15) is 9.59 Å². The summed E-state index contributed by atoms with van der Waals surface area (Å²) < 4.78 is 5.12. The molecule has 1 aliphatic heterocycles. The molecule has 1 fully saturated rings. The number of likely N-dealkylation sites (N-methyl/N-ethyl adjacent to an activating group) is 1. The first-order valence-electron chi connectivity index (χ1n) is 8.12. The smallest absolute Gasteiger partial charge is 0.242 e. The molecule has 2 amide bonds. The predicted molar refractivity (Wildman–Crippen MR) is 91.5 cm³/mol. The molecule has 0 N–H and O–H groups in total. The number of piperidine rings is 1. The van der Waals surface area contributed by atoms with Crippen molar-refractivity contribution in [2.24, 2.45) is 5.92 Å². The summed E-state index contributed by atoms with van der Waals surface area (Å²) in [6, 6.07) is 1.95. The van der Waals surface area contributed by atoms with E-state index in [1.165, 1.54) is 4.90 Å². The van der Waals surface area contributed by atoms with Gasteiger partial charge in [0.15, 0.2) is 0 Å². The van der Waals surface area contributed by atoms with E-state index in [1.54, 1.807) is 25.5 Å². The number of nitrogens with zero attached hydrogens (tertiary/aromatic N) is 2. The third-order valence-corrected chi connectivity index (χ3v) is 5.16. The van der Waals surface area contributed by atoms with Crippen LogP contribution in [0.3, 0.4) is 0 Å². The minimum Gasteiger partial charge on any atom is -0.385 e. The molecule has 6 heteroatoms. The summed E-state index contributed by atoms with van der Waals surface area (Å²) in [5.74, 6) is 0.694. The number of likely N-dealkylation sites (tertiary alicyclic amines) is 1. The lowest BCUT2D eigenvalue weighted by atomic mass is 9.94. The van der Waals surface area contributed by atoms with Crippen LogP contribution in [-0.2, 0) is 20.7 Å². The van der Waals surface area contributed by atoms with Crippen molar-refractivity contribution in [3.8, 4) is 0 Å². The van der Waals surface area contributed by atoms with Crippen molar-refractivity contribution in [2.45, 2.75) is 25.7 Å². The molecule has 0 radical (unpaired) electrons. The summed E-state index contributed by atoms with van der Waals surface area (Å²) in [5, 5.41) is 3.93. The largest absolute Gasteiger partial charge is 0.385 e. The van der Waals surface area contributed by atoms with Crippen LogP contribution in [-0.4, -0.2) is 62.0 Å². The second-order valence-corrected chi connectivity index (χ2v) is 6.94. The van der Waals surface area contributed by atoms with E-state index in [0.29, 0.717) is 12.3 Å². The Hall–Kier alpha value is -1.40. The van der Waals surface area contributed by atoms with Gasteiger partial charge in [0.1, 0.15) is 0 Å². The zero-order chi connectivity index (χ0) is 16.7. The Morgan fingerprint density at radius 3 is 2.74 bits per heavy atom. The van der Waals surface area contributed by atoms with Gasteiger partial charge in [0.25, 0.3) is 0 Å². The maximum Gasteiger partial charge on any atom is 0.242 e. The number of amides is 2. The van der Waals surface area contributed by atoms with Gasteiger partial charge in [0.2, 0.25) is 11.8 Å². The number of ether oxygens (including phenoxy) is 1. The maximum absolute atomic E-state index is 12.3. The molecule has 0 unspecified atom stereocenters. The Balaban J connectivity index is 1.72. The van der Waals surface area contributed by atoms with Crippen LogP contribution in [0, 0.1) is 5.92 Å². The van der Waals surface area contributed by atoms with E-state index >= 15 is 0 Å². The van der Waals surface area contributed by atoms with E-state index in [4.69, 9.17) is 4.74 Å². The Kier molecular flexibility index (Phi) is 7.05. The monoisotopic (exact) mass is 338 g/mol. The van der Waals surface area contributed by atoms with Gasteiger partial charge in [-0.2, -0.15) is 11.3 Å². The lowest BCUT2D eigenvalue weighted by Gasteiger charge is -2.33. The predicted octanol–water partition coefficient (Wildman–Crippen LogP) is 2.02. The summed E-state index contributed by atoms with van der Waals surface area (Å²) in [4.78, 5) is 27.9. The number of rotatable bonds is 7. The highest BCUT2D eigenvalue weighted by molar-refractivity contribution is 7.07. The first-order valence-corrected chi connectivity index (χ1v) is 9.06. The van der Waals surface area contributed by atoms with Crippen LogP contribution < -0.4 is 0 Å². The summed E-state index contributed by atoms with van der Waals surface area (Å²) in [5.41, 5.74) is 1.01. The molecule has 0 saturated carbocycles. The minimum atomic E-state index is -0.00766. The Morgan fingerprint density at radius 1 is 1.39 bits per heavy atom. The van der Waals surface area contributed by atoms with E-state index < -0.39 is 0 Å². The van der Waals surface area contributed by atoms with Gasteiger partial charge in [0.05, 0.1) is 13.0 Å². The molecule has 0 spiro atoms. The van der Waals surface area contributed by atoms with Gasteiger partial charge in [-0.25, -0.2) is 0 Å². The molecule has 1 aromatic rings. The highest BCUT2D eigenvalue weighted by Crippen LogP contribution is 2.20. The van der Waals surface area contributed by atoms with Crippen LogP contribution in [0.1, 0.15) is 24.8 Å². The van der Waals surface area contributed by atoms with Crippen molar-refractivity contribution in [2.75, 3.05) is 40.4 Å². The van der Waals surface area contributed by atoms with Gasteiger partial charge >= 0.3 is 0 Å². The van der Waals surface area contributed by atoms with Crippen molar-refractivity contribution >= 4 is 23.2 Å². The Labute approximate surface area is 142 Å². The molecule has 1 aromatic heterocycles. The second kappa shape index (κ2) is 9.03. The number of methoxy groups -OCH3 is 1. The third kappa shape index (κ3) is 5.62. The molecule has 0 bridgehead atoms. The zero-order valence-corrected chi connectivity index (χ0v) is 14.8. The van der Waals surface area contributed by atoms with E-state index in [1.807, 2.05) is 21.7 Å². The summed E-state index contributed by atoms with van der Waals surface area (Å²) >= 11 is 1.58. The number of thiophene rings is 1. The molecular weight excluding hydrogens is 312 g/mol. The first-order chi connectivity index (χ1) is 11.1. The van der Waals surface area contributed by atoms with Crippen LogP contribution in [0.25, 0.3) is 0 Å². The molecular formula is C17H26N2O3S. The highest BCUT2D eigenvalue weighted by Gasteiger charge is 2.24. The van der Waals surface area contributed by atoms with E-state index in [0.717, 1.165) is 44.5 Å².